The Morgan fingerprint density at radius 1 is 1.00 bits per heavy atom. The molecule has 0 bridgehead atoms. The van der Waals surface area contributed by atoms with E-state index < -0.39 is 5.97 Å². The van der Waals surface area contributed by atoms with E-state index in [2.05, 4.69) is 0 Å². The van der Waals surface area contributed by atoms with Gasteiger partial charge >= 0.3 is 5.97 Å². The van der Waals surface area contributed by atoms with Crippen molar-refractivity contribution in [3.05, 3.63) is 46.5 Å². The van der Waals surface area contributed by atoms with Gasteiger partial charge in [0, 0.05) is 11.6 Å². The second-order valence-electron chi connectivity index (χ2n) is 3.79. The molecule has 0 saturated heterocycles. The van der Waals surface area contributed by atoms with E-state index in [0.717, 1.165) is 28.8 Å². The monoisotopic (exact) mass is 218 g/mol. The number of hydrogen-bond acceptors (Lipinski definition) is 2. The van der Waals surface area contributed by atoms with Crippen molar-refractivity contribution < 1.29 is 14.7 Å². The predicted octanol–water partition coefficient (Wildman–Crippen LogP) is 2.44. The second kappa shape index (κ2) is 4.75. The molecule has 0 saturated carbocycles. The van der Waals surface area contributed by atoms with Gasteiger partial charge < -0.3 is 5.11 Å². The lowest BCUT2D eigenvalue weighted by molar-refractivity contribution is -0.131. The van der Waals surface area contributed by atoms with Crippen molar-refractivity contribution in [2.24, 2.45) is 0 Å². The largest absolute Gasteiger partial charge is 0.478 e. The average molecular weight is 218 g/mol. The van der Waals surface area contributed by atoms with Crippen LogP contribution >= 0.6 is 0 Å². The Kier molecular flexibility index (Phi) is 3.61. The van der Waals surface area contributed by atoms with Crippen molar-refractivity contribution in [2.75, 3.05) is 0 Å². The van der Waals surface area contributed by atoms with Crippen molar-refractivity contribution in [3.63, 3.8) is 0 Å². The molecule has 0 aliphatic rings. The molecule has 0 aliphatic carbocycles. The van der Waals surface area contributed by atoms with Crippen LogP contribution in [-0.2, 0) is 4.79 Å². The van der Waals surface area contributed by atoms with Crippen LogP contribution < -0.4 is 0 Å². The number of rotatable bonds is 3. The zero-order valence-corrected chi connectivity index (χ0v) is 9.57. The fourth-order valence-corrected chi connectivity index (χ4v) is 1.46. The number of hydrogen-bond donors (Lipinski definition) is 1. The van der Waals surface area contributed by atoms with Gasteiger partial charge in [-0.05, 0) is 49.6 Å². The minimum atomic E-state index is -1.12. The maximum Gasteiger partial charge on any atom is 0.328 e. The molecule has 0 aromatic heterocycles. The van der Waals surface area contributed by atoms with Gasteiger partial charge in [-0.15, -0.1) is 0 Å². The van der Waals surface area contributed by atoms with E-state index in [1.807, 2.05) is 26.8 Å². The predicted molar refractivity (Wildman–Crippen MR) is 61.8 cm³/mol. The number of carbonyl (C=O) groups is 2. The molecule has 0 aliphatic heterocycles. The number of carboxylic acids is 1. The van der Waals surface area contributed by atoms with Crippen molar-refractivity contribution in [3.8, 4) is 0 Å². The molecule has 1 N–H and O–H groups in total. The minimum Gasteiger partial charge on any atom is -0.478 e. The van der Waals surface area contributed by atoms with Crippen LogP contribution in [0.3, 0.4) is 0 Å². The van der Waals surface area contributed by atoms with Crippen LogP contribution in [0.15, 0.2) is 24.3 Å². The maximum absolute atomic E-state index is 11.7. The average Bonchev–Trinajstić information content (AvgIpc) is 2.20. The Bertz CT molecular complexity index is 470. The Hall–Kier alpha value is -1.90. The van der Waals surface area contributed by atoms with E-state index in [-0.39, 0.29) is 5.78 Å². The van der Waals surface area contributed by atoms with Crippen LogP contribution in [0, 0.1) is 20.8 Å². The van der Waals surface area contributed by atoms with E-state index >= 15 is 0 Å². The number of ketones is 1. The zero-order valence-electron chi connectivity index (χ0n) is 9.57. The van der Waals surface area contributed by atoms with Gasteiger partial charge in [0.25, 0.3) is 0 Å². The first-order valence-corrected chi connectivity index (χ1v) is 4.95. The molecular weight excluding hydrogens is 204 g/mol. The highest BCUT2D eigenvalue weighted by molar-refractivity contribution is 6.07. The highest BCUT2D eigenvalue weighted by Crippen LogP contribution is 2.16. The topological polar surface area (TPSA) is 54.4 Å². The molecule has 0 fully saturated rings. The molecule has 0 unspecified atom stereocenters. The minimum absolute atomic E-state index is 0.275. The molecule has 1 rings (SSSR count). The molecular formula is C13H14O3. The lowest BCUT2D eigenvalue weighted by Gasteiger charge is -2.06. The summed E-state index contributed by atoms with van der Waals surface area (Å²) in [6.45, 7) is 5.74. The molecule has 1 aromatic rings. The molecule has 84 valence electrons. The smallest absolute Gasteiger partial charge is 0.328 e. The molecule has 16 heavy (non-hydrogen) atoms. The van der Waals surface area contributed by atoms with Crippen LogP contribution in [0.4, 0.5) is 0 Å². The second-order valence-corrected chi connectivity index (χ2v) is 3.79. The first kappa shape index (κ1) is 12.2. The fraction of sp³-hybridized carbons (Fsp3) is 0.231. The Morgan fingerprint density at radius 2 is 1.56 bits per heavy atom. The molecule has 0 radical (unpaired) electrons. The molecule has 3 nitrogen and oxygen atoms in total. The van der Waals surface area contributed by atoms with E-state index in [1.54, 1.807) is 6.07 Å². The van der Waals surface area contributed by atoms with Gasteiger partial charge in [-0.25, -0.2) is 4.79 Å². The highest BCUT2D eigenvalue weighted by Gasteiger charge is 2.08. The van der Waals surface area contributed by atoms with Gasteiger partial charge in [0.2, 0.25) is 0 Å². The SMILES string of the molecule is Cc1cc(C)c(C(=O)C=CC(=O)O)cc1C. The lowest BCUT2D eigenvalue weighted by Crippen LogP contribution is -2.01. The van der Waals surface area contributed by atoms with Crippen molar-refractivity contribution in [2.45, 2.75) is 20.8 Å². The molecule has 1 aromatic carbocycles. The van der Waals surface area contributed by atoms with Crippen LogP contribution in [0.2, 0.25) is 0 Å². The third kappa shape index (κ3) is 2.79. The van der Waals surface area contributed by atoms with Crippen molar-refractivity contribution in [1.82, 2.24) is 0 Å². The quantitative estimate of drug-likeness (QED) is 0.626. The summed E-state index contributed by atoms with van der Waals surface area (Å²) in [5, 5.41) is 8.44. The standard InChI is InChI=1S/C13H14O3/c1-8-6-10(3)11(7-9(8)2)12(14)4-5-13(15)16/h4-7H,1-3H3,(H,15,16). The number of carbonyl (C=O) groups excluding carboxylic acids is 1. The normalized spacial score (nSPS) is 10.7. The van der Waals surface area contributed by atoms with Crippen LogP contribution in [0.1, 0.15) is 27.0 Å². The van der Waals surface area contributed by atoms with Gasteiger partial charge in [0.05, 0.1) is 0 Å². The lowest BCUT2D eigenvalue weighted by atomic mass is 9.98. The van der Waals surface area contributed by atoms with E-state index in [9.17, 15) is 9.59 Å². The molecule has 0 spiro atoms. The first-order valence-electron chi connectivity index (χ1n) is 4.95. The summed E-state index contributed by atoms with van der Waals surface area (Å²) in [4.78, 5) is 22.0. The fourth-order valence-electron chi connectivity index (χ4n) is 1.46. The summed E-state index contributed by atoms with van der Waals surface area (Å²) >= 11 is 0. The summed E-state index contributed by atoms with van der Waals surface area (Å²) in [5.74, 6) is -1.39. The van der Waals surface area contributed by atoms with Crippen molar-refractivity contribution >= 4 is 11.8 Å². The molecule has 3 heteroatoms. The van der Waals surface area contributed by atoms with Crippen LogP contribution in [0.25, 0.3) is 0 Å². The van der Waals surface area contributed by atoms with Crippen LogP contribution in [0.5, 0.6) is 0 Å². The Balaban J connectivity index is 3.09. The van der Waals surface area contributed by atoms with Gasteiger partial charge in [-0.2, -0.15) is 0 Å². The van der Waals surface area contributed by atoms with E-state index in [1.165, 1.54) is 0 Å². The van der Waals surface area contributed by atoms with Gasteiger partial charge in [0.15, 0.2) is 5.78 Å². The summed E-state index contributed by atoms with van der Waals surface area (Å²) < 4.78 is 0. The Labute approximate surface area is 94.4 Å². The summed E-state index contributed by atoms with van der Waals surface area (Å²) in [7, 11) is 0. The van der Waals surface area contributed by atoms with E-state index in [4.69, 9.17) is 5.11 Å². The van der Waals surface area contributed by atoms with E-state index in [0.29, 0.717) is 5.56 Å². The summed E-state index contributed by atoms with van der Waals surface area (Å²) in [6.07, 6.45) is 1.94. The third-order valence-electron chi connectivity index (χ3n) is 2.48. The van der Waals surface area contributed by atoms with Crippen LogP contribution in [-0.4, -0.2) is 16.9 Å². The number of aryl methyl sites for hydroxylation is 3. The summed E-state index contributed by atoms with van der Waals surface area (Å²) in [5.41, 5.74) is 3.57. The molecule has 0 heterocycles. The molecule has 0 atom stereocenters. The maximum atomic E-state index is 11.7. The van der Waals surface area contributed by atoms with Gasteiger partial charge in [0.1, 0.15) is 0 Å². The van der Waals surface area contributed by atoms with Gasteiger partial charge in [-0.3, -0.25) is 4.79 Å². The number of benzene rings is 1. The van der Waals surface area contributed by atoms with Gasteiger partial charge in [-0.1, -0.05) is 6.07 Å². The Morgan fingerprint density at radius 3 is 2.12 bits per heavy atom. The first-order chi connectivity index (χ1) is 7.41. The number of aliphatic carboxylic acids is 1. The number of allylic oxidation sites excluding steroid dienone is 1. The third-order valence-corrected chi connectivity index (χ3v) is 2.48. The highest BCUT2D eigenvalue weighted by atomic mass is 16.4. The zero-order chi connectivity index (χ0) is 12.3. The summed E-state index contributed by atoms with van der Waals surface area (Å²) in [6, 6.07) is 3.72. The molecule has 0 amide bonds. The number of carboxylic acid groups (broad SMARTS) is 1. The van der Waals surface area contributed by atoms with Crippen molar-refractivity contribution in [1.29, 1.82) is 0 Å².